The Labute approximate surface area is 228 Å². The van der Waals surface area contributed by atoms with Crippen LogP contribution >= 0.6 is 0 Å². The van der Waals surface area contributed by atoms with Crippen molar-refractivity contribution < 1.29 is 34.1 Å². The van der Waals surface area contributed by atoms with Gasteiger partial charge in [0.25, 0.3) is 0 Å². The van der Waals surface area contributed by atoms with E-state index in [0.717, 1.165) is 45.0 Å². The third-order valence-electron chi connectivity index (χ3n) is 6.10. The first-order chi connectivity index (χ1) is 18.9. The van der Waals surface area contributed by atoms with Gasteiger partial charge in [0, 0.05) is 50.4 Å². The molecule has 0 aromatic heterocycles. The normalized spacial score (nSPS) is 13.6. The maximum atomic E-state index is 12.5. The molecule has 0 spiro atoms. The van der Waals surface area contributed by atoms with Crippen molar-refractivity contribution >= 4 is 17.7 Å². The number of piperazine rings is 1. The average Bonchev–Trinajstić information content (AvgIpc) is 2.97. The van der Waals surface area contributed by atoms with Crippen LogP contribution in [0.4, 0.5) is 0 Å². The number of carboxylic acids is 2. The minimum atomic E-state index is -1.82. The fraction of sp³-hybridized carbons (Fsp3) is 0.300. The molecule has 39 heavy (non-hydrogen) atoms. The summed E-state index contributed by atoms with van der Waals surface area (Å²) in [5.74, 6) is -2.88. The maximum absolute atomic E-state index is 12.5. The van der Waals surface area contributed by atoms with E-state index in [0.29, 0.717) is 30.9 Å². The number of nitrogens with zero attached hydrogens (tertiary/aromatic N) is 2. The SMILES string of the molecule is O=C(O)C(=O)O.O=C(c1ccccc1)c1ccc(OCCOCCN2CCN(Cc3ccccc3)CC2)cc1. The van der Waals surface area contributed by atoms with E-state index in [-0.39, 0.29) is 5.78 Å². The first kappa shape index (κ1) is 29.5. The first-order valence-corrected chi connectivity index (χ1v) is 12.8. The summed E-state index contributed by atoms with van der Waals surface area (Å²) >= 11 is 0. The molecule has 1 heterocycles. The predicted molar refractivity (Wildman–Crippen MR) is 146 cm³/mol. The molecule has 3 aromatic rings. The minimum Gasteiger partial charge on any atom is -0.491 e. The molecule has 0 aliphatic carbocycles. The molecule has 0 bridgehead atoms. The Hall–Kier alpha value is -4.05. The van der Waals surface area contributed by atoms with Crippen LogP contribution in [-0.4, -0.2) is 90.3 Å². The van der Waals surface area contributed by atoms with Crippen molar-refractivity contribution in [3.05, 3.63) is 102 Å². The highest BCUT2D eigenvalue weighted by Crippen LogP contribution is 2.15. The van der Waals surface area contributed by atoms with Crippen molar-refractivity contribution in [3.8, 4) is 5.75 Å². The number of ketones is 1. The highest BCUT2D eigenvalue weighted by Gasteiger charge is 2.16. The van der Waals surface area contributed by atoms with Gasteiger partial charge in [0.1, 0.15) is 12.4 Å². The van der Waals surface area contributed by atoms with E-state index in [1.54, 1.807) is 0 Å². The Kier molecular flexibility index (Phi) is 12.1. The molecule has 2 N–H and O–H groups in total. The van der Waals surface area contributed by atoms with Crippen molar-refractivity contribution in [1.82, 2.24) is 9.80 Å². The summed E-state index contributed by atoms with van der Waals surface area (Å²) in [6, 6.07) is 27.3. The second-order valence-corrected chi connectivity index (χ2v) is 8.89. The number of aliphatic carboxylic acids is 2. The highest BCUT2D eigenvalue weighted by atomic mass is 16.5. The Balaban J connectivity index is 0.000000631. The number of rotatable bonds is 11. The number of hydrogen-bond acceptors (Lipinski definition) is 7. The van der Waals surface area contributed by atoms with Crippen molar-refractivity contribution in [2.45, 2.75) is 6.54 Å². The van der Waals surface area contributed by atoms with E-state index in [1.807, 2.05) is 54.6 Å². The number of carboxylic acid groups (broad SMARTS) is 2. The molecule has 0 unspecified atom stereocenters. The monoisotopic (exact) mass is 534 g/mol. The molecule has 1 saturated heterocycles. The van der Waals surface area contributed by atoms with E-state index in [4.69, 9.17) is 29.3 Å². The van der Waals surface area contributed by atoms with Crippen LogP contribution in [0.5, 0.6) is 5.75 Å². The van der Waals surface area contributed by atoms with Crippen LogP contribution in [0.1, 0.15) is 21.5 Å². The number of hydrogen-bond donors (Lipinski definition) is 2. The van der Waals surface area contributed by atoms with Crippen molar-refractivity contribution in [2.75, 3.05) is 52.5 Å². The number of carbonyl (C=O) groups is 3. The number of benzene rings is 3. The van der Waals surface area contributed by atoms with Crippen LogP contribution in [0.15, 0.2) is 84.9 Å². The third kappa shape index (κ3) is 10.7. The second kappa shape index (κ2) is 16.0. The summed E-state index contributed by atoms with van der Waals surface area (Å²) in [5, 5.41) is 14.8. The average molecular weight is 535 g/mol. The zero-order chi connectivity index (χ0) is 27.9. The topological polar surface area (TPSA) is 117 Å². The Morgan fingerprint density at radius 1 is 0.641 bits per heavy atom. The van der Waals surface area contributed by atoms with Crippen molar-refractivity contribution in [3.63, 3.8) is 0 Å². The van der Waals surface area contributed by atoms with E-state index in [1.165, 1.54) is 5.56 Å². The third-order valence-corrected chi connectivity index (χ3v) is 6.10. The molecule has 0 amide bonds. The van der Waals surface area contributed by atoms with Gasteiger partial charge in [-0.3, -0.25) is 14.6 Å². The fourth-order valence-electron chi connectivity index (χ4n) is 3.99. The summed E-state index contributed by atoms with van der Waals surface area (Å²) in [4.78, 5) is 35.6. The van der Waals surface area contributed by atoms with Gasteiger partial charge in [-0.2, -0.15) is 0 Å². The lowest BCUT2D eigenvalue weighted by molar-refractivity contribution is -0.159. The lowest BCUT2D eigenvalue weighted by Gasteiger charge is -2.34. The predicted octanol–water partition coefficient (Wildman–Crippen LogP) is 3.29. The van der Waals surface area contributed by atoms with Gasteiger partial charge >= 0.3 is 11.9 Å². The summed E-state index contributed by atoms with van der Waals surface area (Å²) in [7, 11) is 0. The minimum absolute atomic E-state index is 0.0198. The zero-order valence-corrected chi connectivity index (χ0v) is 21.8. The van der Waals surface area contributed by atoms with E-state index in [2.05, 4.69) is 40.1 Å². The molecule has 0 radical (unpaired) electrons. The van der Waals surface area contributed by atoms with Crippen molar-refractivity contribution in [2.24, 2.45) is 0 Å². The van der Waals surface area contributed by atoms with E-state index < -0.39 is 11.9 Å². The molecular formula is C30H34N2O7. The van der Waals surface area contributed by atoms with Crippen LogP contribution in [0.25, 0.3) is 0 Å². The van der Waals surface area contributed by atoms with Gasteiger partial charge in [-0.05, 0) is 29.8 Å². The number of carbonyl (C=O) groups excluding carboxylic acids is 1. The molecule has 9 heteroatoms. The van der Waals surface area contributed by atoms with Crippen LogP contribution in [0.2, 0.25) is 0 Å². The summed E-state index contributed by atoms with van der Waals surface area (Å²) in [6.45, 7) is 8.12. The lowest BCUT2D eigenvalue weighted by Crippen LogP contribution is -2.46. The molecule has 9 nitrogen and oxygen atoms in total. The summed E-state index contributed by atoms with van der Waals surface area (Å²) in [5.41, 5.74) is 2.73. The standard InChI is InChI=1S/C28H32N2O3.C2H2O4/c31-28(25-9-5-2-6-10-25)26-11-13-27(14-12-26)33-22-21-32-20-19-29-15-17-30(18-16-29)23-24-7-3-1-4-8-24;3-1(4)2(5)6/h1-14H,15-23H2;(H,3,4)(H,5,6). The molecular weight excluding hydrogens is 500 g/mol. The van der Waals surface area contributed by atoms with Gasteiger partial charge in [0.05, 0.1) is 13.2 Å². The Bertz CT molecular complexity index is 1150. The quantitative estimate of drug-likeness (QED) is 0.217. The Morgan fingerprint density at radius 2 is 1.18 bits per heavy atom. The van der Waals surface area contributed by atoms with Gasteiger partial charge < -0.3 is 19.7 Å². The zero-order valence-electron chi connectivity index (χ0n) is 21.8. The van der Waals surface area contributed by atoms with Gasteiger partial charge in [-0.25, -0.2) is 9.59 Å². The maximum Gasteiger partial charge on any atom is 0.414 e. The van der Waals surface area contributed by atoms with Crippen LogP contribution in [0.3, 0.4) is 0 Å². The van der Waals surface area contributed by atoms with Crippen LogP contribution in [-0.2, 0) is 20.9 Å². The smallest absolute Gasteiger partial charge is 0.414 e. The molecule has 206 valence electrons. The van der Waals surface area contributed by atoms with Crippen molar-refractivity contribution in [1.29, 1.82) is 0 Å². The number of ether oxygens (including phenoxy) is 2. The molecule has 0 atom stereocenters. The molecule has 3 aromatic carbocycles. The molecule has 0 saturated carbocycles. The summed E-state index contributed by atoms with van der Waals surface area (Å²) < 4.78 is 11.5. The molecule has 1 aliphatic rings. The van der Waals surface area contributed by atoms with Gasteiger partial charge in [0.15, 0.2) is 5.78 Å². The highest BCUT2D eigenvalue weighted by molar-refractivity contribution is 6.27. The van der Waals surface area contributed by atoms with E-state index >= 15 is 0 Å². The van der Waals surface area contributed by atoms with Gasteiger partial charge in [-0.15, -0.1) is 0 Å². The van der Waals surface area contributed by atoms with Gasteiger partial charge in [0.2, 0.25) is 0 Å². The molecule has 1 fully saturated rings. The van der Waals surface area contributed by atoms with Gasteiger partial charge in [-0.1, -0.05) is 60.7 Å². The second-order valence-electron chi connectivity index (χ2n) is 8.89. The summed E-state index contributed by atoms with van der Waals surface area (Å²) in [6.07, 6.45) is 0. The van der Waals surface area contributed by atoms with E-state index in [9.17, 15) is 4.79 Å². The first-order valence-electron chi connectivity index (χ1n) is 12.8. The fourth-order valence-corrected chi connectivity index (χ4v) is 3.99. The lowest BCUT2D eigenvalue weighted by atomic mass is 10.0. The Morgan fingerprint density at radius 3 is 1.77 bits per heavy atom. The molecule has 4 rings (SSSR count). The van der Waals surface area contributed by atoms with Crippen LogP contribution < -0.4 is 4.74 Å². The van der Waals surface area contributed by atoms with Crippen LogP contribution in [0, 0.1) is 0 Å². The molecule has 1 aliphatic heterocycles. The largest absolute Gasteiger partial charge is 0.491 e.